The molecule has 1 aliphatic heterocycles. The van der Waals surface area contributed by atoms with Gasteiger partial charge in [0.05, 0.1) is 17.8 Å². The van der Waals surface area contributed by atoms with Crippen LogP contribution in [0.5, 0.6) is 0 Å². The van der Waals surface area contributed by atoms with Crippen molar-refractivity contribution in [3.8, 4) is 11.1 Å². The molecule has 0 radical (unpaired) electrons. The minimum atomic E-state index is -1.14. The van der Waals surface area contributed by atoms with Crippen LogP contribution in [0.25, 0.3) is 22.0 Å². The number of fused-ring (bicyclic) bond motifs is 1. The summed E-state index contributed by atoms with van der Waals surface area (Å²) in [5.41, 5.74) is 2.86. The molecule has 1 aromatic heterocycles. The van der Waals surface area contributed by atoms with Crippen molar-refractivity contribution < 1.29 is 14.7 Å². The lowest BCUT2D eigenvalue weighted by molar-refractivity contribution is -0.143. The van der Waals surface area contributed by atoms with Gasteiger partial charge in [0, 0.05) is 37.1 Å². The fraction of sp³-hybridized carbons (Fsp3) is 0.400. The average Bonchev–Trinajstić information content (AvgIpc) is 3.77. The molecule has 1 N–H and O–H groups in total. The molecule has 2 saturated carbocycles. The predicted molar refractivity (Wildman–Crippen MR) is 120 cm³/mol. The van der Waals surface area contributed by atoms with Gasteiger partial charge in [-0.25, -0.2) is 0 Å². The minimum absolute atomic E-state index is 0.0176. The van der Waals surface area contributed by atoms with E-state index in [-0.39, 0.29) is 11.8 Å². The quantitative estimate of drug-likeness (QED) is 0.690. The van der Waals surface area contributed by atoms with Gasteiger partial charge >= 0.3 is 0 Å². The van der Waals surface area contributed by atoms with E-state index < -0.39 is 5.60 Å². The zero-order valence-electron chi connectivity index (χ0n) is 17.9. The normalized spacial score (nSPS) is 19.9. The molecule has 2 amide bonds. The van der Waals surface area contributed by atoms with E-state index in [1.165, 1.54) is 12.8 Å². The highest BCUT2D eigenvalue weighted by atomic mass is 16.3. The van der Waals surface area contributed by atoms with Crippen molar-refractivity contribution in [1.82, 2.24) is 19.6 Å². The number of hydrogen-bond acceptors (Lipinski definition) is 4. The number of benzene rings is 2. The van der Waals surface area contributed by atoms with Crippen LogP contribution in [0.4, 0.5) is 0 Å². The highest BCUT2D eigenvalue weighted by molar-refractivity contribution is 5.95. The van der Waals surface area contributed by atoms with Crippen LogP contribution in [0, 0.1) is 0 Å². The lowest BCUT2D eigenvalue weighted by Crippen LogP contribution is -2.53. The molecule has 0 spiro atoms. The Hall–Kier alpha value is -3.19. The SMILES string of the molecule is O=C(c1ccc(-c2ccc3cnn(C4CC4)c3c2)cc1)N1CCN(C(=O)C2(O)CC2)CC1. The number of aliphatic hydroxyl groups is 1. The van der Waals surface area contributed by atoms with Crippen molar-refractivity contribution in [1.29, 1.82) is 0 Å². The van der Waals surface area contributed by atoms with Gasteiger partial charge in [0.1, 0.15) is 5.60 Å². The molecule has 0 bridgehead atoms. The molecule has 2 aromatic carbocycles. The summed E-state index contributed by atoms with van der Waals surface area (Å²) < 4.78 is 2.13. The highest BCUT2D eigenvalue weighted by Crippen LogP contribution is 2.38. The Labute approximate surface area is 186 Å². The fourth-order valence-corrected chi connectivity index (χ4v) is 4.55. The second-order valence-corrected chi connectivity index (χ2v) is 9.29. The highest BCUT2D eigenvalue weighted by Gasteiger charge is 2.50. The number of hydrogen-bond donors (Lipinski definition) is 1. The molecular weight excluding hydrogens is 404 g/mol. The lowest BCUT2D eigenvalue weighted by atomic mass is 10.0. The molecule has 0 atom stereocenters. The molecule has 7 heteroatoms. The Morgan fingerprint density at radius 2 is 1.56 bits per heavy atom. The van der Waals surface area contributed by atoms with E-state index in [4.69, 9.17) is 0 Å². The van der Waals surface area contributed by atoms with E-state index in [1.807, 2.05) is 30.5 Å². The van der Waals surface area contributed by atoms with Gasteiger partial charge in [-0.1, -0.05) is 24.3 Å². The second kappa shape index (κ2) is 7.17. The van der Waals surface area contributed by atoms with Crippen LogP contribution in [0.15, 0.2) is 48.7 Å². The second-order valence-electron chi connectivity index (χ2n) is 9.29. The largest absolute Gasteiger partial charge is 0.380 e. The maximum atomic E-state index is 13.0. The van der Waals surface area contributed by atoms with Crippen LogP contribution in [0.3, 0.4) is 0 Å². The first-order valence-electron chi connectivity index (χ1n) is 11.4. The van der Waals surface area contributed by atoms with Gasteiger partial charge in [0.2, 0.25) is 0 Å². The van der Waals surface area contributed by atoms with Crippen molar-refractivity contribution in [2.45, 2.75) is 37.3 Å². The number of carbonyl (C=O) groups is 2. The van der Waals surface area contributed by atoms with Gasteiger partial charge in [-0.15, -0.1) is 0 Å². The summed E-state index contributed by atoms with van der Waals surface area (Å²) in [4.78, 5) is 28.7. The van der Waals surface area contributed by atoms with Crippen LogP contribution in [0.1, 0.15) is 42.1 Å². The third kappa shape index (κ3) is 3.37. The monoisotopic (exact) mass is 430 g/mol. The molecule has 1 saturated heterocycles. The lowest BCUT2D eigenvalue weighted by Gasteiger charge is -2.35. The van der Waals surface area contributed by atoms with Crippen molar-refractivity contribution in [3.05, 3.63) is 54.2 Å². The van der Waals surface area contributed by atoms with Gasteiger partial charge in [0.15, 0.2) is 0 Å². The average molecular weight is 431 g/mol. The Morgan fingerprint density at radius 3 is 2.22 bits per heavy atom. The molecule has 2 heterocycles. The number of aromatic nitrogens is 2. The van der Waals surface area contributed by atoms with E-state index in [2.05, 4.69) is 28.0 Å². The van der Waals surface area contributed by atoms with E-state index in [0.717, 1.165) is 22.0 Å². The van der Waals surface area contributed by atoms with E-state index in [9.17, 15) is 14.7 Å². The molecule has 2 aliphatic carbocycles. The van der Waals surface area contributed by atoms with Gasteiger partial charge in [0.25, 0.3) is 11.8 Å². The summed E-state index contributed by atoms with van der Waals surface area (Å²) in [5, 5.41) is 15.7. The molecule has 3 aromatic rings. The fourth-order valence-electron chi connectivity index (χ4n) is 4.55. The summed E-state index contributed by atoms with van der Waals surface area (Å²) in [6.45, 7) is 1.92. The number of rotatable bonds is 4. The van der Waals surface area contributed by atoms with Gasteiger partial charge < -0.3 is 14.9 Å². The molecule has 164 valence electrons. The minimum Gasteiger partial charge on any atom is -0.380 e. The Balaban J connectivity index is 1.15. The van der Waals surface area contributed by atoms with Crippen LogP contribution in [-0.2, 0) is 4.79 Å². The summed E-state index contributed by atoms with van der Waals surface area (Å²) >= 11 is 0. The van der Waals surface area contributed by atoms with E-state index in [0.29, 0.717) is 50.6 Å². The van der Waals surface area contributed by atoms with Crippen LogP contribution in [0.2, 0.25) is 0 Å². The molecule has 7 nitrogen and oxygen atoms in total. The Bertz CT molecular complexity index is 1200. The van der Waals surface area contributed by atoms with Crippen molar-refractivity contribution in [2.75, 3.05) is 26.2 Å². The van der Waals surface area contributed by atoms with Crippen LogP contribution in [-0.4, -0.2) is 68.3 Å². The number of nitrogens with zero attached hydrogens (tertiary/aromatic N) is 4. The summed E-state index contributed by atoms with van der Waals surface area (Å²) in [6, 6.07) is 14.7. The zero-order valence-corrected chi connectivity index (χ0v) is 17.9. The maximum absolute atomic E-state index is 13.0. The molecular formula is C25H26N4O3. The summed E-state index contributed by atoms with van der Waals surface area (Å²) in [5.74, 6) is -0.204. The van der Waals surface area contributed by atoms with Gasteiger partial charge in [-0.05, 0) is 55.0 Å². The molecule has 6 rings (SSSR count). The Morgan fingerprint density at radius 1 is 0.906 bits per heavy atom. The van der Waals surface area contributed by atoms with Crippen molar-refractivity contribution >= 4 is 22.7 Å². The third-order valence-corrected chi connectivity index (χ3v) is 6.93. The first kappa shape index (κ1) is 19.5. The van der Waals surface area contributed by atoms with Crippen molar-refractivity contribution in [3.63, 3.8) is 0 Å². The first-order chi connectivity index (χ1) is 15.5. The predicted octanol–water partition coefficient (Wildman–Crippen LogP) is 2.85. The smallest absolute Gasteiger partial charge is 0.254 e. The maximum Gasteiger partial charge on any atom is 0.254 e. The van der Waals surface area contributed by atoms with Gasteiger partial charge in [-0.3, -0.25) is 14.3 Å². The molecule has 32 heavy (non-hydrogen) atoms. The number of amides is 2. The van der Waals surface area contributed by atoms with Crippen LogP contribution >= 0.6 is 0 Å². The van der Waals surface area contributed by atoms with Gasteiger partial charge in [-0.2, -0.15) is 5.10 Å². The van der Waals surface area contributed by atoms with Crippen LogP contribution < -0.4 is 0 Å². The van der Waals surface area contributed by atoms with E-state index in [1.54, 1.807) is 9.80 Å². The zero-order chi connectivity index (χ0) is 21.9. The number of carbonyl (C=O) groups excluding carboxylic acids is 2. The number of piperazine rings is 1. The Kier molecular flexibility index (Phi) is 4.37. The molecule has 3 aliphatic rings. The molecule has 0 unspecified atom stereocenters. The summed E-state index contributed by atoms with van der Waals surface area (Å²) in [7, 11) is 0. The third-order valence-electron chi connectivity index (χ3n) is 6.93. The van der Waals surface area contributed by atoms with Crippen molar-refractivity contribution in [2.24, 2.45) is 0 Å². The first-order valence-corrected chi connectivity index (χ1v) is 11.4. The molecule has 3 fully saturated rings. The standard InChI is InChI=1S/C25H26N4O3/c30-23(27-11-13-28(14-12-27)24(31)25(32)9-10-25)18-3-1-17(2-4-18)19-5-6-20-16-26-29(21-7-8-21)22(20)15-19/h1-6,15-16,21,32H,7-14H2. The topological polar surface area (TPSA) is 78.7 Å². The van der Waals surface area contributed by atoms with E-state index >= 15 is 0 Å². The summed E-state index contributed by atoms with van der Waals surface area (Å²) in [6.07, 6.45) is 5.42.